The van der Waals surface area contributed by atoms with E-state index in [0.717, 1.165) is 0 Å². The molecule has 1 aliphatic carbocycles. The molecule has 0 N–H and O–H groups in total. The molecule has 6 nitrogen and oxygen atoms in total. The number of carbonyl (C=O) groups is 3. The highest BCUT2D eigenvalue weighted by atomic mass is 16.6. The van der Waals surface area contributed by atoms with Gasteiger partial charge in [0.25, 0.3) is 0 Å². The maximum Gasteiger partial charge on any atom is 0.323 e. The zero-order valence-corrected chi connectivity index (χ0v) is 13.9. The lowest BCUT2D eigenvalue weighted by Crippen LogP contribution is -2.44. The van der Waals surface area contributed by atoms with Gasteiger partial charge in [-0.2, -0.15) is 0 Å². The molecule has 0 aromatic heterocycles. The Morgan fingerprint density at radius 3 is 2.39 bits per heavy atom. The van der Waals surface area contributed by atoms with Gasteiger partial charge in [0.1, 0.15) is 6.61 Å². The van der Waals surface area contributed by atoms with Crippen LogP contribution in [-0.2, 0) is 28.6 Å². The maximum atomic E-state index is 12.6. The van der Waals surface area contributed by atoms with E-state index in [1.807, 2.05) is 6.92 Å². The SMILES string of the molecule is CCOC(=O)C1(C(=O)OCC)C/C=C\COC(=O)[C@@H]2C[C@]2(C)C1. The van der Waals surface area contributed by atoms with Crippen molar-refractivity contribution >= 4 is 17.9 Å². The molecule has 6 heteroatoms. The second-order valence-corrected chi connectivity index (χ2v) is 6.42. The quantitative estimate of drug-likeness (QED) is 0.341. The Kier molecular flexibility index (Phi) is 5.12. The Hall–Kier alpha value is -1.85. The fourth-order valence-electron chi connectivity index (χ4n) is 3.25. The summed E-state index contributed by atoms with van der Waals surface area (Å²) in [6, 6.07) is 0. The van der Waals surface area contributed by atoms with Crippen molar-refractivity contribution in [3.05, 3.63) is 12.2 Å². The van der Waals surface area contributed by atoms with Crippen LogP contribution in [0.4, 0.5) is 0 Å². The molecule has 2 atom stereocenters. The van der Waals surface area contributed by atoms with E-state index in [9.17, 15) is 14.4 Å². The zero-order valence-electron chi connectivity index (χ0n) is 13.9. The summed E-state index contributed by atoms with van der Waals surface area (Å²) in [4.78, 5) is 37.2. The lowest BCUT2D eigenvalue weighted by atomic mass is 9.74. The Labute approximate surface area is 136 Å². The zero-order chi connectivity index (χ0) is 17.1. The van der Waals surface area contributed by atoms with Gasteiger partial charge >= 0.3 is 17.9 Å². The van der Waals surface area contributed by atoms with Crippen molar-refractivity contribution in [2.75, 3.05) is 19.8 Å². The minimum absolute atomic E-state index is 0.146. The first-order valence-corrected chi connectivity index (χ1v) is 8.05. The topological polar surface area (TPSA) is 78.9 Å². The minimum atomic E-state index is -1.40. The van der Waals surface area contributed by atoms with E-state index in [0.29, 0.717) is 6.42 Å². The second kappa shape index (κ2) is 6.72. The molecule has 0 bridgehead atoms. The fraction of sp³-hybridized carbons (Fsp3) is 0.706. The van der Waals surface area contributed by atoms with Gasteiger partial charge in [-0.3, -0.25) is 14.4 Å². The first kappa shape index (κ1) is 17.5. The molecular weight excluding hydrogens is 300 g/mol. The Bertz CT molecular complexity index is 505. The van der Waals surface area contributed by atoms with E-state index < -0.39 is 22.8 Å². The number of esters is 3. The highest BCUT2D eigenvalue weighted by Gasteiger charge is 2.63. The molecule has 1 heterocycles. The minimum Gasteiger partial charge on any atom is -0.465 e. The first-order valence-electron chi connectivity index (χ1n) is 8.05. The standard InChI is InChI=1S/C17H24O6/c1-4-21-14(19)17(15(20)22-5-2)8-6-7-9-23-13(18)12-10-16(12,3)11-17/h6-7,12H,4-5,8-11H2,1-3H3/b7-6-/t12-,16+/m0/s1. The summed E-state index contributed by atoms with van der Waals surface area (Å²) in [7, 11) is 0. The van der Waals surface area contributed by atoms with E-state index >= 15 is 0 Å². The van der Waals surface area contributed by atoms with Crippen molar-refractivity contribution in [2.45, 2.75) is 40.0 Å². The van der Waals surface area contributed by atoms with E-state index in [1.54, 1.807) is 26.0 Å². The van der Waals surface area contributed by atoms with E-state index in [-0.39, 0.29) is 44.5 Å². The number of carbonyl (C=O) groups excluding carboxylic acids is 3. The number of hydrogen-bond acceptors (Lipinski definition) is 6. The third-order valence-electron chi connectivity index (χ3n) is 4.63. The van der Waals surface area contributed by atoms with Crippen LogP contribution in [-0.4, -0.2) is 37.7 Å². The van der Waals surface area contributed by atoms with Crippen molar-refractivity contribution in [3.63, 3.8) is 0 Å². The number of fused-ring (bicyclic) bond motifs is 1. The van der Waals surface area contributed by atoms with Crippen LogP contribution in [0, 0.1) is 16.7 Å². The van der Waals surface area contributed by atoms with Gasteiger partial charge in [-0.25, -0.2) is 0 Å². The van der Waals surface area contributed by atoms with Crippen molar-refractivity contribution in [1.29, 1.82) is 0 Å². The maximum absolute atomic E-state index is 12.6. The largest absolute Gasteiger partial charge is 0.465 e. The highest BCUT2D eigenvalue weighted by molar-refractivity contribution is 6.00. The summed E-state index contributed by atoms with van der Waals surface area (Å²) in [5, 5.41) is 0. The Morgan fingerprint density at radius 1 is 1.22 bits per heavy atom. The fourth-order valence-corrected chi connectivity index (χ4v) is 3.25. The van der Waals surface area contributed by atoms with E-state index in [4.69, 9.17) is 14.2 Å². The van der Waals surface area contributed by atoms with Crippen molar-refractivity contribution < 1.29 is 28.6 Å². The monoisotopic (exact) mass is 324 g/mol. The second-order valence-electron chi connectivity index (χ2n) is 6.42. The molecule has 23 heavy (non-hydrogen) atoms. The molecule has 0 aromatic rings. The third-order valence-corrected chi connectivity index (χ3v) is 4.63. The van der Waals surface area contributed by atoms with Gasteiger partial charge in [-0.15, -0.1) is 0 Å². The van der Waals surface area contributed by atoms with Gasteiger partial charge in [0.05, 0.1) is 19.1 Å². The van der Waals surface area contributed by atoms with Gasteiger partial charge in [0.15, 0.2) is 5.41 Å². The number of ether oxygens (including phenoxy) is 3. The van der Waals surface area contributed by atoms with Crippen LogP contribution in [0.15, 0.2) is 12.2 Å². The third kappa shape index (κ3) is 3.41. The summed E-state index contributed by atoms with van der Waals surface area (Å²) in [5.74, 6) is -1.72. The Balaban J connectivity index is 2.39. The lowest BCUT2D eigenvalue weighted by Gasteiger charge is -2.31. The van der Waals surface area contributed by atoms with Gasteiger partial charge in [-0.1, -0.05) is 19.1 Å². The van der Waals surface area contributed by atoms with Gasteiger partial charge in [-0.05, 0) is 38.5 Å². The van der Waals surface area contributed by atoms with Crippen LogP contribution in [0.2, 0.25) is 0 Å². The highest BCUT2D eigenvalue weighted by Crippen LogP contribution is 2.60. The number of allylic oxidation sites excluding steroid dienone is 1. The molecule has 0 radical (unpaired) electrons. The molecule has 0 aromatic carbocycles. The number of hydrogen-bond donors (Lipinski definition) is 0. The normalized spacial score (nSPS) is 30.4. The smallest absolute Gasteiger partial charge is 0.323 e. The molecule has 0 saturated heterocycles. The van der Waals surface area contributed by atoms with E-state index in [1.165, 1.54) is 0 Å². The van der Waals surface area contributed by atoms with E-state index in [2.05, 4.69) is 0 Å². The summed E-state index contributed by atoms with van der Waals surface area (Å²) in [6.07, 6.45) is 4.35. The number of rotatable bonds is 4. The van der Waals surface area contributed by atoms with Crippen molar-refractivity contribution in [3.8, 4) is 0 Å². The van der Waals surface area contributed by atoms with Gasteiger partial charge in [0.2, 0.25) is 0 Å². The molecule has 1 aliphatic heterocycles. The predicted octanol–water partition coefficient (Wildman–Crippen LogP) is 2.02. The molecule has 1 saturated carbocycles. The molecule has 0 amide bonds. The molecular formula is C17H24O6. The van der Waals surface area contributed by atoms with Crippen LogP contribution < -0.4 is 0 Å². The number of cyclic esters (lactones) is 1. The van der Waals surface area contributed by atoms with Crippen LogP contribution in [0.25, 0.3) is 0 Å². The van der Waals surface area contributed by atoms with Crippen LogP contribution in [0.1, 0.15) is 40.0 Å². The summed E-state index contributed by atoms with van der Waals surface area (Å²) in [5.41, 5.74) is -1.84. The first-order chi connectivity index (χ1) is 10.9. The molecule has 0 spiro atoms. The molecule has 128 valence electrons. The lowest BCUT2D eigenvalue weighted by molar-refractivity contribution is -0.174. The van der Waals surface area contributed by atoms with Gasteiger partial charge < -0.3 is 14.2 Å². The average Bonchev–Trinajstić information content (AvgIpc) is 3.17. The molecule has 2 aliphatic rings. The summed E-state index contributed by atoms with van der Waals surface area (Å²) in [6.45, 7) is 5.82. The van der Waals surface area contributed by atoms with Crippen LogP contribution >= 0.6 is 0 Å². The molecule has 1 fully saturated rings. The molecule has 0 unspecified atom stereocenters. The Morgan fingerprint density at radius 2 is 1.83 bits per heavy atom. The van der Waals surface area contributed by atoms with Crippen LogP contribution in [0.5, 0.6) is 0 Å². The van der Waals surface area contributed by atoms with Crippen molar-refractivity contribution in [1.82, 2.24) is 0 Å². The van der Waals surface area contributed by atoms with Gasteiger partial charge in [0, 0.05) is 0 Å². The summed E-state index contributed by atoms with van der Waals surface area (Å²) < 4.78 is 15.5. The predicted molar refractivity (Wildman–Crippen MR) is 81.2 cm³/mol. The molecule has 2 rings (SSSR count). The van der Waals surface area contributed by atoms with Crippen molar-refractivity contribution in [2.24, 2.45) is 16.7 Å². The van der Waals surface area contributed by atoms with Crippen LogP contribution in [0.3, 0.4) is 0 Å². The summed E-state index contributed by atoms with van der Waals surface area (Å²) >= 11 is 0. The average molecular weight is 324 g/mol.